The average Bonchev–Trinajstić information content (AvgIpc) is 3.04. The summed E-state index contributed by atoms with van der Waals surface area (Å²) in [5.74, 6) is 2.60. The van der Waals surface area contributed by atoms with Crippen molar-refractivity contribution in [3.8, 4) is 5.75 Å². The van der Waals surface area contributed by atoms with Crippen LogP contribution in [0, 0.1) is 0 Å². The number of nitrogens with zero attached hydrogens (tertiary/aromatic N) is 2. The van der Waals surface area contributed by atoms with Crippen molar-refractivity contribution in [2.45, 2.75) is 62.4 Å². The Morgan fingerprint density at radius 1 is 1.08 bits per heavy atom. The second-order valence-corrected chi connectivity index (χ2v) is 14.4. The number of benzene rings is 2. The van der Waals surface area contributed by atoms with E-state index in [1.54, 1.807) is 29.6 Å². The van der Waals surface area contributed by atoms with Crippen molar-refractivity contribution in [2.75, 3.05) is 43.9 Å². The van der Waals surface area contributed by atoms with Crippen molar-refractivity contribution in [1.82, 2.24) is 4.31 Å². The van der Waals surface area contributed by atoms with Crippen LogP contribution in [-0.2, 0) is 31.9 Å². The van der Waals surface area contributed by atoms with E-state index in [1.165, 1.54) is 11.1 Å². The van der Waals surface area contributed by atoms with E-state index in [9.17, 15) is 19.2 Å². The number of carboxylic acid groups (broad SMARTS) is 1. The third-order valence-electron chi connectivity index (χ3n) is 8.77. The molecule has 3 aliphatic rings. The van der Waals surface area contributed by atoms with Crippen molar-refractivity contribution < 1.29 is 24.0 Å². The average molecular weight is 575 g/mol. The second-order valence-electron chi connectivity index (χ2n) is 11.5. The first kappa shape index (κ1) is 28.3. The molecule has 0 saturated heterocycles. The minimum Gasteiger partial charge on any atom is -0.490 e. The van der Waals surface area contributed by atoms with Gasteiger partial charge in [-0.25, -0.2) is 9.10 Å². The summed E-state index contributed by atoms with van der Waals surface area (Å²) >= 11 is 6.35. The predicted octanol–water partition coefficient (Wildman–Crippen LogP) is 4.61. The number of aryl methyl sites for hydroxylation is 1. The maximum absolute atomic E-state index is 13.6. The summed E-state index contributed by atoms with van der Waals surface area (Å²) in [4.78, 5) is 14.8. The van der Waals surface area contributed by atoms with Gasteiger partial charge in [0.05, 0.1) is 18.0 Å². The summed E-state index contributed by atoms with van der Waals surface area (Å²) < 4.78 is 21.6. The molecule has 39 heavy (non-hydrogen) atoms. The number of aliphatic hydroxyl groups is 1. The van der Waals surface area contributed by atoms with Crippen LogP contribution in [0.5, 0.6) is 5.75 Å². The highest BCUT2D eigenvalue weighted by atomic mass is 35.5. The maximum Gasteiger partial charge on any atom is 0.341 e. The first-order valence-electron chi connectivity index (χ1n) is 13.9. The summed E-state index contributed by atoms with van der Waals surface area (Å²) in [6, 6.07) is 11.2. The molecule has 2 aromatic carbocycles. The quantitative estimate of drug-likeness (QED) is 0.483. The Bertz CT molecular complexity index is 1350. The van der Waals surface area contributed by atoms with Gasteiger partial charge in [-0.2, -0.15) is 0 Å². The monoisotopic (exact) mass is 574 g/mol. The van der Waals surface area contributed by atoms with Crippen LogP contribution >= 0.6 is 11.6 Å². The zero-order valence-corrected chi connectivity index (χ0v) is 24.2. The molecule has 2 N–H and O–H groups in total. The molecule has 2 aliphatic heterocycles. The van der Waals surface area contributed by atoms with E-state index >= 15 is 0 Å². The van der Waals surface area contributed by atoms with E-state index in [2.05, 4.69) is 22.9 Å². The lowest BCUT2D eigenvalue weighted by molar-refractivity contribution is -0.157. The van der Waals surface area contributed by atoms with E-state index in [0.29, 0.717) is 18.9 Å². The van der Waals surface area contributed by atoms with Gasteiger partial charge in [-0.1, -0.05) is 43.0 Å². The molecule has 1 aliphatic carbocycles. The lowest BCUT2D eigenvalue weighted by Crippen LogP contribution is -2.46. The zero-order chi connectivity index (χ0) is 27.8. The minimum atomic E-state index is -3.04. The Morgan fingerprint density at radius 3 is 2.59 bits per heavy atom. The molecule has 3 atom stereocenters. The van der Waals surface area contributed by atoms with Gasteiger partial charge in [0.15, 0.2) is 5.60 Å². The van der Waals surface area contributed by atoms with Crippen LogP contribution in [0.3, 0.4) is 0 Å². The van der Waals surface area contributed by atoms with Crippen molar-refractivity contribution in [3.05, 3.63) is 58.1 Å². The number of halogens is 1. The van der Waals surface area contributed by atoms with Crippen LogP contribution < -0.4 is 9.64 Å². The minimum absolute atomic E-state index is 0.189. The van der Waals surface area contributed by atoms with Crippen LogP contribution in [0.2, 0.25) is 5.02 Å². The fourth-order valence-corrected chi connectivity index (χ4v) is 8.27. The molecule has 2 heterocycles. The summed E-state index contributed by atoms with van der Waals surface area (Å²) in [5.41, 5.74) is 0.901. The molecule has 7 nitrogen and oxygen atoms in total. The fourth-order valence-electron chi connectivity index (χ4n) is 6.45. The van der Waals surface area contributed by atoms with Gasteiger partial charge in [-0.3, -0.25) is 4.21 Å². The maximum atomic E-state index is 13.6. The largest absolute Gasteiger partial charge is 0.490 e. The van der Waals surface area contributed by atoms with Gasteiger partial charge in [0.25, 0.3) is 0 Å². The second kappa shape index (κ2) is 11.0. The van der Waals surface area contributed by atoms with Crippen LogP contribution in [0.15, 0.2) is 36.4 Å². The van der Waals surface area contributed by atoms with E-state index in [1.807, 2.05) is 6.07 Å². The lowest BCUT2D eigenvalue weighted by Gasteiger charge is -2.41. The fraction of sp³-hybridized carbons (Fsp3) is 0.533. The lowest BCUT2D eigenvalue weighted by atomic mass is 9.70. The Morgan fingerprint density at radius 2 is 1.82 bits per heavy atom. The molecule has 0 radical (unpaired) electrons. The summed E-state index contributed by atoms with van der Waals surface area (Å²) in [5, 5.41) is 22.5. The van der Waals surface area contributed by atoms with Crippen molar-refractivity contribution in [1.29, 1.82) is 0 Å². The number of carboxylic acids is 1. The van der Waals surface area contributed by atoms with E-state index in [0.717, 1.165) is 75.2 Å². The normalized spacial score (nSPS) is 30.4. The number of fused-ring (bicyclic) bond motifs is 3. The number of carbonyl (C=O) groups is 1. The van der Waals surface area contributed by atoms with E-state index in [4.69, 9.17) is 16.3 Å². The number of rotatable bonds is 1. The van der Waals surface area contributed by atoms with Crippen LogP contribution in [0.25, 0.3) is 0 Å². The molecule has 1 spiro atoms. The summed E-state index contributed by atoms with van der Waals surface area (Å²) in [6.45, 7) is 2.56. The van der Waals surface area contributed by atoms with Crippen LogP contribution in [0.1, 0.15) is 61.6 Å². The Labute approximate surface area is 236 Å². The zero-order valence-electron chi connectivity index (χ0n) is 22.7. The van der Waals surface area contributed by atoms with E-state index < -0.39 is 27.0 Å². The number of aliphatic carboxylic acids is 1. The molecular weight excluding hydrogens is 536 g/mol. The Kier molecular flexibility index (Phi) is 7.94. The molecule has 0 fully saturated rings. The highest BCUT2D eigenvalue weighted by Crippen LogP contribution is 2.45. The highest BCUT2D eigenvalue weighted by molar-refractivity contribution is 7.98. The number of hydrogen-bond acceptors (Lipinski definition) is 5. The standard InChI is InChI=1S/C30H39ClN2O5S/c1-32-15-6-4-3-5-7-16-33-19-29(14-8-9-22-17-24(31)11-12-25(22)29)20-38-27-13-10-23(18-26(27)33)30(36,28(34)35)21-39(32,2)37/h10-13,17-18,36H,2-9,14-16,19-21H2,1H3,(H,34,35)/t29-,30-,39?/m0/s1. The first-order chi connectivity index (χ1) is 18.5. The molecule has 2 aromatic rings. The molecular formula is C30H39ClN2O5S. The van der Waals surface area contributed by atoms with E-state index in [-0.39, 0.29) is 11.0 Å². The molecule has 5 rings (SSSR count). The van der Waals surface area contributed by atoms with Crippen molar-refractivity contribution >= 4 is 38.8 Å². The predicted molar refractivity (Wildman–Crippen MR) is 158 cm³/mol. The molecule has 1 unspecified atom stereocenters. The summed E-state index contributed by atoms with van der Waals surface area (Å²) in [7, 11) is -1.35. The summed E-state index contributed by atoms with van der Waals surface area (Å²) in [6.07, 6.45) is 7.94. The van der Waals surface area contributed by atoms with Crippen LogP contribution in [-0.4, -0.2) is 69.6 Å². The van der Waals surface area contributed by atoms with Gasteiger partial charge in [-0.15, -0.1) is 0 Å². The molecule has 2 bridgehead atoms. The Hall–Kier alpha value is -2.26. The van der Waals surface area contributed by atoms with Crippen molar-refractivity contribution in [2.24, 2.45) is 0 Å². The van der Waals surface area contributed by atoms with Crippen LogP contribution in [0.4, 0.5) is 5.69 Å². The van der Waals surface area contributed by atoms with Gasteiger partial charge >= 0.3 is 5.97 Å². The van der Waals surface area contributed by atoms with Gasteiger partial charge in [0, 0.05) is 39.8 Å². The molecule has 9 heteroatoms. The molecule has 212 valence electrons. The highest BCUT2D eigenvalue weighted by Gasteiger charge is 2.45. The third kappa shape index (κ3) is 5.53. The number of ether oxygens (including phenoxy) is 1. The van der Waals surface area contributed by atoms with Crippen molar-refractivity contribution in [3.63, 3.8) is 0 Å². The van der Waals surface area contributed by atoms with Gasteiger partial charge in [0.1, 0.15) is 5.75 Å². The topological polar surface area (TPSA) is 90.3 Å². The third-order valence-corrected chi connectivity index (χ3v) is 11.2. The van der Waals surface area contributed by atoms with Gasteiger partial charge < -0.3 is 19.8 Å². The Balaban J connectivity index is 1.60. The molecule has 0 saturated carbocycles. The number of hydrogen-bond donors (Lipinski definition) is 2. The SMILES string of the molecule is C=S1(=O)C[C@@](O)(C(=O)O)c2ccc3c(c2)N(CCCCCCCN1C)C[C@@]1(CCCc2cc(Cl)ccc21)CO3. The van der Waals surface area contributed by atoms with Gasteiger partial charge in [-0.05, 0) is 86.0 Å². The first-order valence-corrected chi connectivity index (χ1v) is 16.1. The number of anilines is 1. The molecule has 0 aromatic heterocycles. The molecule has 0 amide bonds. The van der Waals surface area contributed by atoms with Gasteiger partial charge in [0.2, 0.25) is 0 Å². The smallest absolute Gasteiger partial charge is 0.341 e.